The monoisotopic (exact) mass is 605 g/mol. The van der Waals surface area contributed by atoms with Crippen molar-refractivity contribution >= 4 is 49.6 Å². The minimum absolute atomic E-state index is 0.0837. The van der Waals surface area contributed by atoms with Gasteiger partial charge in [0, 0.05) is 44.8 Å². The smallest absolute Gasteiger partial charge is 0.236 e. The molecule has 0 bridgehead atoms. The lowest BCUT2D eigenvalue weighted by atomic mass is 10.1. The number of carbonyl (C=O) groups excluding carboxylic acids is 1. The van der Waals surface area contributed by atoms with Crippen LogP contribution in [0.1, 0.15) is 36.4 Å². The number of aliphatic hydroxyl groups is 1. The quantitative estimate of drug-likeness (QED) is 0.306. The molecule has 1 amide bonds. The van der Waals surface area contributed by atoms with Crippen LogP contribution >= 0.6 is 22.7 Å². The maximum Gasteiger partial charge on any atom is 0.236 e. The number of anilines is 3. The van der Waals surface area contributed by atoms with Gasteiger partial charge in [-0.3, -0.25) is 9.69 Å². The summed E-state index contributed by atoms with van der Waals surface area (Å²) in [6.45, 7) is 9.91. The van der Waals surface area contributed by atoms with Crippen LogP contribution in [0.25, 0.3) is 16.2 Å². The number of benzene rings is 1. The molecule has 3 aromatic heterocycles. The molecule has 13 heteroatoms. The number of likely N-dealkylation sites (N-methyl/N-ethyl adjacent to an activating group) is 1. The normalized spacial score (nSPS) is 17.3. The summed E-state index contributed by atoms with van der Waals surface area (Å²) in [5.41, 5.74) is 3.70. The first-order chi connectivity index (χ1) is 20.3. The van der Waals surface area contributed by atoms with Crippen molar-refractivity contribution in [3.63, 3.8) is 0 Å². The summed E-state index contributed by atoms with van der Waals surface area (Å²) in [5.74, 6) is 0.942. The van der Waals surface area contributed by atoms with Gasteiger partial charge in [0.1, 0.15) is 16.6 Å². The van der Waals surface area contributed by atoms with E-state index in [0.29, 0.717) is 35.3 Å². The maximum absolute atomic E-state index is 12.7. The van der Waals surface area contributed by atoms with Crippen molar-refractivity contribution in [2.75, 3.05) is 56.1 Å². The molecule has 0 spiro atoms. The summed E-state index contributed by atoms with van der Waals surface area (Å²) in [4.78, 5) is 32.1. The molecule has 0 saturated carbocycles. The predicted molar refractivity (Wildman–Crippen MR) is 166 cm³/mol. The van der Waals surface area contributed by atoms with Gasteiger partial charge in [-0.25, -0.2) is 9.97 Å². The molecule has 1 N–H and O–H groups in total. The van der Waals surface area contributed by atoms with Gasteiger partial charge in [0.05, 0.1) is 18.3 Å². The first-order valence-corrected chi connectivity index (χ1v) is 16.0. The molecule has 6 rings (SSSR count). The molecule has 2 aliphatic rings. The van der Waals surface area contributed by atoms with Gasteiger partial charge in [0.2, 0.25) is 16.0 Å². The predicted octanol–water partition coefficient (Wildman–Crippen LogP) is 3.53. The van der Waals surface area contributed by atoms with E-state index < -0.39 is 0 Å². The third-order valence-corrected chi connectivity index (χ3v) is 10.1. The number of imidazole rings is 1. The van der Waals surface area contributed by atoms with Gasteiger partial charge in [0.15, 0.2) is 10.9 Å². The van der Waals surface area contributed by atoms with E-state index >= 15 is 0 Å². The number of rotatable bonds is 9. The largest absolute Gasteiger partial charge is 0.389 e. The van der Waals surface area contributed by atoms with Crippen LogP contribution in [0.3, 0.4) is 0 Å². The number of carbonyl (C=O) groups is 1. The number of hydrogen-bond acceptors (Lipinski definition) is 11. The number of aromatic nitrogens is 4. The zero-order valence-corrected chi connectivity index (χ0v) is 26.0. The summed E-state index contributed by atoms with van der Waals surface area (Å²) in [5, 5.41) is 26.1. The average molecular weight is 606 g/mol. The summed E-state index contributed by atoms with van der Waals surface area (Å²) >= 11 is 2.94. The van der Waals surface area contributed by atoms with E-state index in [1.54, 1.807) is 16.2 Å². The summed E-state index contributed by atoms with van der Waals surface area (Å²) in [6, 6.07) is 10.7. The molecule has 2 aliphatic heterocycles. The van der Waals surface area contributed by atoms with Crippen molar-refractivity contribution in [1.29, 1.82) is 5.26 Å². The SMILES string of the molecule is CCc1nc2sc(N3CC[C@@H](N(CC)CC(=O)N4CC(O)C4)C3)nn2c1N(C)c1nc(-c2ccc(C)cc2)c(C#N)s1. The minimum atomic E-state index is -0.383. The highest BCUT2D eigenvalue weighted by atomic mass is 32.1. The average Bonchev–Trinajstić information content (AvgIpc) is 3.76. The van der Waals surface area contributed by atoms with E-state index in [1.807, 2.05) is 47.7 Å². The third kappa shape index (κ3) is 5.24. The summed E-state index contributed by atoms with van der Waals surface area (Å²) in [7, 11) is 1.96. The van der Waals surface area contributed by atoms with Crippen molar-refractivity contribution in [2.45, 2.75) is 45.8 Å². The zero-order chi connectivity index (χ0) is 29.5. The Kier molecular flexibility index (Phi) is 7.89. The molecule has 0 aliphatic carbocycles. The second kappa shape index (κ2) is 11.6. The number of nitrogens with zero attached hydrogens (tertiary/aromatic N) is 9. The topological polar surface area (TPSA) is 117 Å². The van der Waals surface area contributed by atoms with Gasteiger partial charge in [-0.2, -0.15) is 9.78 Å². The van der Waals surface area contributed by atoms with Gasteiger partial charge in [-0.1, -0.05) is 66.3 Å². The highest BCUT2D eigenvalue weighted by Crippen LogP contribution is 2.38. The van der Waals surface area contributed by atoms with Crippen LogP contribution in [0.4, 0.5) is 16.1 Å². The van der Waals surface area contributed by atoms with Crippen molar-refractivity contribution in [2.24, 2.45) is 0 Å². The van der Waals surface area contributed by atoms with Crippen LogP contribution < -0.4 is 9.80 Å². The molecular formula is C29H35N9O2S2. The number of aryl methyl sites for hydroxylation is 2. The Hall–Kier alpha value is -3.57. The number of fused-ring (bicyclic) bond motifs is 1. The van der Waals surface area contributed by atoms with E-state index in [0.717, 1.165) is 65.2 Å². The second-order valence-electron chi connectivity index (χ2n) is 10.9. The van der Waals surface area contributed by atoms with Crippen LogP contribution in [0.15, 0.2) is 24.3 Å². The summed E-state index contributed by atoms with van der Waals surface area (Å²) < 4.78 is 1.90. The number of likely N-dealkylation sites (tertiary alicyclic amines) is 1. The third-order valence-electron chi connectivity index (χ3n) is 8.13. The fraction of sp³-hybridized carbons (Fsp3) is 0.483. The van der Waals surface area contributed by atoms with E-state index in [9.17, 15) is 15.2 Å². The van der Waals surface area contributed by atoms with Gasteiger partial charge < -0.3 is 19.8 Å². The molecule has 2 saturated heterocycles. The molecule has 5 heterocycles. The van der Waals surface area contributed by atoms with Crippen LogP contribution in [0.5, 0.6) is 0 Å². The van der Waals surface area contributed by atoms with E-state index in [-0.39, 0.29) is 18.1 Å². The molecule has 1 aromatic carbocycles. The number of amides is 1. The van der Waals surface area contributed by atoms with E-state index in [2.05, 4.69) is 29.7 Å². The van der Waals surface area contributed by atoms with E-state index in [1.165, 1.54) is 11.3 Å². The Morgan fingerprint density at radius 2 is 1.93 bits per heavy atom. The number of nitriles is 1. The van der Waals surface area contributed by atoms with E-state index in [4.69, 9.17) is 15.1 Å². The summed E-state index contributed by atoms with van der Waals surface area (Å²) in [6.07, 6.45) is 1.31. The molecule has 0 radical (unpaired) electrons. The Morgan fingerprint density at radius 1 is 1.17 bits per heavy atom. The molecule has 11 nitrogen and oxygen atoms in total. The number of hydrogen-bond donors (Lipinski definition) is 1. The number of aliphatic hydroxyl groups excluding tert-OH is 1. The first-order valence-electron chi connectivity index (χ1n) is 14.3. The Bertz CT molecular complexity index is 1630. The van der Waals surface area contributed by atoms with Gasteiger partial charge in [0.25, 0.3) is 0 Å². The standard InChI is InChI=1S/C29H35N9O2S2/c1-5-22-26(34(4)27-32-25(23(13-30)41-27)19-9-7-18(3)8-10-19)38-28(31-22)42-29(33-38)36-12-11-20(14-36)35(6-2)17-24(40)37-15-21(39)16-37/h7-10,20-21,39H,5-6,11-12,14-17H2,1-4H3/t20-/m1/s1. The lowest BCUT2D eigenvalue weighted by Gasteiger charge is -2.38. The highest BCUT2D eigenvalue weighted by Gasteiger charge is 2.34. The lowest BCUT2D eigenvalue weighted by molar-refractivity contribution is -0.142. The van der Waals surface area contributed by atoms with Crippen molar-refractivity contribution in [1.82, 2.24) is 29.4 Å². The Balaban J connectivity index is 1.23. The lowest BCUT2D eigenvalue weighted by Crippen LogP contribution is -2.56. The molecule has 1 atom stereocenters. The van der Waals surface area contributed by atoms with Gasteiger partial charge in [-0.15, -0.1) is 5.10 Å². The minimum Gasteiger partial charge on any atom is -0.389 e. The van der Waals surface area contributed by atoms with Crippen LogP contribution in [-0.2, 0) is 11.2 Å². The Morgan fingerprint density at radius 3 is 2.60 bits per heavy atom. The molecule has 42 heavy (non-hydrogen) atoms. The zero-order valence-electron chi connectivity index (χ0n) is 24.3. The molecule has 220 valence electrons. The fourth-order valence-electron chi connectivity index (χ4n) is 5.64. The van der Waals surface area contributed by atoms with Gasteiger partial charge >= 0.3 is 0 Å². The molecular weight excluding hydrogens is 571 g/mol. The number of β-amino-alcohol motifs (C(OH)–C–C–N with tert-alkyl or cyclic N) is 1. The molecule has 4 aromatic rings. The van der Waals surface area contributed by atoms with Crippen molar-refractivity contribution < 1.29 is 9.90 Å². The molecule has 0 unspecified atom stereocenters. The highest BCUT2D eigenvalue weighted by molar-refractivity contribution is 7.20. The second-order valence-corrected chi connectivity index (χ2v) is 12.8. The van der Waals surface area contributed by atoms with Crippen molar-refractivity contribution in [3.05, 3.63) is 40.4 Å². The first kappa shape index (κ1) is 28.5. The van der Waals surface area contributed by atoms with Crippen LogP contribution in [-0.4, -0.2) is 98.9 Å². The van der Waals surface area contributed by atoms with Crippen LogP contribution in [0.2, 0.25) is 0 Å². The maximum atomic E-state index is 12.7. The Labute approximate surface area is 253 Å². The van der Waals surface area contributed by atoms with Gasteiger partial charge in [-0.05, 0) is 26.3 Å². The van der Waals surface area contributed by atoms with Crippen LogP contribution in [0, 0.1) is 18.3 Å². The number of thiazole rings is 1. The molecule has 2 fully saturated rings. The van der Waals surface area contributed by atoms with Crippen molar-refractivity contribution in [3.8, 4) is 17.3 Å². The fourth-order valence-corrected chi connectivity index (χ4v) is 7.44.